The number of carbonyl (C=O) groups is 2. The monoisotopic (exact) mass is 443 g/mol. The lowest BCUT2D eigenvalue weighted by Crippen LogP contribution is -2.20. The third-order valence-corrected chi connectivity index (χ3v) is 4.33. The second-order valence-corrected chi connectivity index (χ2v) is 6.80. The molecule has 0 saturated heterocycles. The number of amides is 2. The topological polar surface area (TPSA) is 79.8 Å². The first-order chi connectivity index (χ1) is 13.5. The first kappa shape index (κ1) is 21.4. The number of hydrazone groups is 1. The summed E-state index contributed by atoms with van der Waals surface area (Å²) in [5.74, 6) is 0.148. The highest BCUT2D eigenvalue weighted by molar-refractivity contribution is 9.10. The first-order valence-electron chi connectivity index (χ1n) is 8.70. The Morgan fingerprint density at radius 2 is 1.93 bits per heavy atom. The fourth-order valence-corrected chi connectivity index (χ4v) is 2.76. The molecule has 0 bridgehead atoms. The van der Waals surface area contributed by atoms with Crippen LogP contribution in [0.3, 0.4) is 0 Å². The van der Waals surface area contributed by atoms with Crippen molar-refractivity contribution < 1.29 is 14.3 Å². The molecule has 0 saturated carbocycles. The average Bonchev–Trinajstić information content (AvgIpc) is 2.67. The minimum absolute atomic E-state index is 0.0487. The van der Waals surface area contributed by atoms with Crippen LogP contribution in [-0.4, -0.2) is 24.6 Å². The third-order valence-electron chi connectivity index (χ3n) is 3.71. The van der Waals surface area contributed by atoms with Gasteiger partial charge in [-0.2, -0.15) is 5.10 Å². The van der Waals surface area contributed by atoms with Crippen molar-refractivity contribution in [3.63, 3.8) is 0 Å². The summed E-state index contributed by atoms with van der Waals surface area (Å²) in [5, 5.41) is 6.71. The summed E-state index contributed by atoms with van der Waals surface area (Å²) in [6.45, 7) is 5.93. The van der Waals surface area contributed by atoms with Crippen molar-refractivity contribution in [1.29, 1.82) is 0 Å². The van der Waals surface area contributed by atoms with E-state index in [4.69, 9.17) is 4.74 Å². The zero-order valence-electron chi connectivity index (χ0n) is 15.6. The van der Waals surface area contributed by atoms with Gasteiger partial charge in [-0.05, 0) is 58.2 Å². The van der Waals surface area contributed by atoms with Crippen LogP contribution >= 0.6 is 15.9 Å². The van der Waals surface area contributed by atoms with Gasteiger partial charge < -0.3 is 10.1 Å². The highest BCUT2D eigenvalue weighted by atomic mass is 79.9. The molecule has 0 unspecified atom stereocenters. The van der Waals surface area contributed by atoms with Gasteiger partial charge in [0.25, 0.3) is 0 Å². The number of para-hydroxylation sites is 1. The van der Waals surface area contributed by atoms with E-state index in [2.05, 4.69) is 38.4 Å². The summed E-state index contributed by atoms with van der Waals surface area (Å²) in [4.78, 5) is 23.8. The van der Waals surface area contributed by atoms with Gasteiger partial charge in [-0.1, -0.05) is 30.9 Å². The van der Waals surface area contributed by atoms with Crippen LogP contribution in [0, 0.1) is 6.92 Å². The molecule has 6 nitrogen and oxygen atoms in total. The lowest BCUT2D eigenvalue weighted by Gasteiger charge is -2.07. The second kappa shape index (κ2) is 11.0. The van der Waals surface area contributed by atoms with Crippen molar-refractivity contribution in [2.45, 2.75) is 19.8 Å². The van der Waals surface area contributed by atoms with Crippen molar-refractivity contribution in [3.8, 4) is 5.75 Å². The van der Waals surface area contributed by atoms with E-state index in [0.29, 0.717) is 12.4 Å². The molecule has 28 heavy (non-hydrogen) atoms. The van der Waals surface area contributed by atoms with Crippen molar-refractivity contribution in [3.05, 3.63) is 70.7 Å². The van der Waals surface area contributed by atoms with Crippen molar-refractivity contribution in [2.24, 2.45) is 5.10 Å². The Morgan fingerprint density at radius 1 is 1.18 bits per heavy atom. The number of benzene rings is 2. The van der Waals surface area contributed by atoms with Gasteiger partial charge >= 0.3 is 0 Å². The van der Waals surface area contributed by atoms with Gasteiger partial charge in [-0.15, -0.1) is 0 Å². The number of hydrogen-bond donors (Lipinski definition) is 2. The normalized spacial score (nSPS) is 10.5. The van der Waals surface area contributed by atoms with Crippen LogP contribution in [0.25, 0.3) is 0 Å². The van der Waals surface area contributed by atoms with Gasteiger partial charge in [-0.3, -0.25) is 9.59 Å². The molecule has 0 aromatic heterocycles. The largest absolute Gasteiger partial charge is 0.488 e. The number of anilines is 1. The number of rotatable bonds is 9. The zero-order valence-corrected chi connectivity index (χ0v) is 17.2. The number of halogens is 1. The molecule has 2 N–H and O–H groups in total. The third kappa shape index (κ3) is 7.00. The van der Waals surface area contributed by atoms with Crippen LogP contribution in [0.2, 0.25) is 0 Å². The molecule has 2 rings (SSSR count). The van der Waals surface area contributed by atoms with E-state index >= 15 is 0 Å². The molecule has 0 heterocycles. The zero-order chi connectivity index (χ0) is 20.4. The number of aryl methyl sites for hydroxylation is 1. The SMILES string of the molecule is C=CCOc1ccc(C=NNC(=O)CCC(=O)Nc2ccccc2C)cc1Br. The average molecular weight is 444 g/mol. The van der Waals surface area contributed by atoms with Crippen molar-refractivity contribution in [1.82, 2.24) is 5.43 Å². The van der Waals surface area contributed by atoms with Crippen LogP contribution < -0.4 is 15.5 Å². The number of nitrogens with zero attached hydrogens (tertiary/aromatic N) is 1. The van der Waals surface area contributed by atoms with E-state index in [9.17, 15) is 9.59 Å². The Hall–Kier alpha value is -2.93. The summed E-state index contributed by atoms with van der Waals surface area (Å²) < 4.78 is 6.25. The van der Waals surface area contributed by atoms with E-state index in [-0.39, 0.29) is 24.7 Å². The molecular weight excluding hydrogens is 422 g/mol. The Balaban J connectivity index is 1.77. The van der Waals surface area contributed by atoms with Crippen LogP contribution in [0.1, 0.15) is 24.0 Å². The Labute approximate surface area is 172 Å². The maximum atomic E-state index is 12.0. The van der Waals surface area contributed by atoms with Crippen molar-refractivity contribution >= 4 is 39.6 Å². The predicted molar refractivity (Wildman–Crippen MR) is 115 cm³/mol. The van der Waals surface area contributed by atoms with Gasteiger partial charge in [0.15, 0.2) is 0 Å². The first-order valence-corrected chi connectivity index (χ1v) is 9.49. The summed E-state index contributed by atoms with van der Waals surface area (Å²) >= 11 is 3.42. The molecule has 146 valence electrons. The maximum absolute atomic E-state index is 12.0. The van der Waals surface area contributed by atoms with Crippen molar-refractivity contribution in [2.75, 3.05) is 11.9 Å². The summed E-state index contributed by atoms with van der Waals surface area (Å²) in [6.07, 6.45) is 3.32. The number of nitrogens with one attached hydrogen (secondary N) is 2. The molecule has 0 aliphatic carbocycles. The highest BCUT2D eigenvalue weighted by Crippen LogP contribution is 2.25. The van der Waals surface area contributed by atoms with E-state index in [1.54, 1.807) is 12.1 Å². The van der Waals surface area contributed by atoms with Gasteiger partial charge in [-0.25, -0.2) is 5.43 Å². The van der Waals surface area contributed by atoms with Crippen LogP contribution in [0.5, 0.6) is 5.75 Å². The molecule has 0 atom stereocenters. The summed E-state index contributed by atoms with van der Waals surface area (Å²) in [7, 11) is 0. The smallest absolute Gasteiger partial charge is 0.240 e. The lowest BCUT2D eigenvalue weighted by atomic mass is 10.2. The Bertz CT molecular complexity index is 881. The second-order valence-electron chi connectivity index (χ2n) is 5.95. The molecule has 2 aromatic carbocycles. The fraction of sp³-hybridized carbons (Fsp3) is 0.190. The molecule has 2 amide bonds. The van der Waals surface area contributed by atoms with Crippen LogP contribution in [0.4, 0.5) is 5.69 Å². The van der Waals surface area contributed by atoms with Gasteiger partial charge in [0.2, 0.25) is 11.8 Å². The molecule has 0 spiro atoms. The lowest BCUT2D eigenvalue weighted by molar-refractivity contribution is -0.124. The molecule has 0 fully saturated rings. The summed E-state index contributed by atoms with van der Waals surface area (Å²) in [5.41, 5.74) is 4.92. The number of hydrogen-bond acceptors (Lipinski definition) is 4. The standard InChI is InChI=1S/C21H22BrN3O3/c1-3-12-28-19-9-8-16(13-17(19)22)14-23-25-21(27)11-10-20(26)24-18-7-5-4-6-15(18)2/h3-9,13-14H,1,10-12H2,2H3,(H,24,26)(H,25,27). The Morgan fingerprint density at radius 3 is 2.64 bits per heavy atom. The Kier molecular flexibility index (Phi) is 8.42. The van der Waals surface area contributed by atoms with Gasteiger partial charge in [0.05, 0.1) is 10.7 Å². The molecule has 0 aliphatic rings. The molecule has 0 aliphatic heterocycles. The van der Waals surface area contributed by atoms with E-state index in [1.165, 1.54) is 6.21 Å². The van der Waals surface area contributed by atoms with Crippen LogP contribution in [0.15, 0.2) is 64.7 Å². The fourth-order valence-electron chi connectivity index (χ4n) is 2.25. The number of carbonyl (C=O) groups excluding carboxylic acids is 2. The molecule has 7 heteroatoms. The minimum atomic E-state index is -0.332. The van der Waals surface area contributed by atoms with Gasteiger partial charge in [0, 0.05) is 18.5 Å². The quantitative estimate of drug-likeness (QED) is 0.346. The highest BCUT2D eigenvalue weighted by Gasteiger charge is 2.08. The van der Waals surface area contributed by atoms with E-state index < -0.39 is 0 Å². The van der Waals surface area contributed by atoms with E-state index in [0.717, 1.165) is 21.3 Å². The number of ether oxygens (including phenoxy) is 1. The van der Waals surface area contributed by atoms with E-state index in [1.807, 2.05) is 43.3 Å². The minimum Gasteiger partial charge on any atom is -0.488 e. The van der Waals surface area contributed by atoms with Gasteiger partial charge in [0.1, 0.15) is 12.4 Å². The molecule has 0 radical (unpaired) electrons. The molecular formula is C21H22BrN3O3. The molecule has 2 aromatic rings. The predicted octanol–water partition coefficient (Wildman–Crippen LogP) is 4.19. The summed E-state index contributed by atoms with van der Waals surface area (Å²) in [6, 6.07) is 12.9. The van der Waals surface area contributed by atoms with Crippen LogP contribution in [-0.2, 0) is 9.59 Å². The maximum Gasteiger partial charge on any atom is 0.240 e.